The van der Waals surface area contributed by atoms with E-state index in [4.69, 9.17) is 0 Å². The molecule has 2 aromatic carbocycles. The van der Waals surface area contributed by atoms with Gasteiger partial charge in [-0.05, 0) is 74.0 Å². The van der Waals surface area contributed by atoms with Gasteiger partial charge in [-0.3, -0.25) is 9.69 Å². The van der Waals surface area contributed by atoms with Gasteiger partial charge in [0.05, 0.1) is 6.04 Å². The molecule has 0 bridgehead atoms. The minimum Gasteiger partial charge on any atom is -0.349 e. The minimum absolute atomic E-state index is 0.101. The Labute approximate surface area is 160 Å². The zero-order valence-corrected chi connectivity index (χ0v) is 15.7. The van der Waals surface area contributed by atoms with E-state index in [-0.39, 0.29) is 23.7 Å². The molecular weight excluding hydrogens is 339 g/mol. The zero-order chi connectivity index (χ0) is 18.6. The van der Waals surface area contributed by atoms with E-state index in [0.29, 0.717) is 0 Å². The van der Waals surface area contributed by atoms with Crippen LogP contribution in [0.5, 0.6) is 0 Å². The Kier molecular flexibility index (Phi) is 5.53. The third kappa shape index (κ3) is 4.38. The summed E-state index contributed by atoms with van der Waals surface area (Å²) in [6, 6.07) is 15.4. The molecule has 142 valence electrons. The first-order valence-corrected chi connectivity index (χ1v) is 10.0. The lowest BCUT2D eigenvalue weighted by atomic mass is 9.87. The molecule has 2 aromatic rings. The highest BCUT2D eigenvalue weighted by Crippen LogP contribution is 2.30. The number of carbonyl (C=O) groups is 1. The molecule has 1 aliphatic carbocycles. The van der Waals surface area contributed by atoms with Gasteiger partial charge in [-0.25, -0.2) is 4.39 Å². The average Bonchev–Trinajstić information content (AvgIpc) is 2.70. The fraction of sp³-hybridized carbons (Fsp3) is 0.435. The molecule has 0 spiro atoms. The summed E-state index contributed by atoms with van der Waals surface area (Å²) < 4.78 is 13.0. The Morgan fingerprint density at radius 2 is 1.78 bits per heavy atom. The molecule has 1 fully saturated rings. The van der Waals surface area contributed by atoms with Crippen LogP contribution in [-0.4, -0.2) is 23.9 Å². The van der Waals surface area contributed by atoms with Gasteiger partial charge < -0.3 is 5.32 Å². The van der Waals surface area contributed by atoms with Gasteiger partial charge in [-0.1, -0.05) is 36.4 Å². The largest absolute Gasteiger partial charge is 0.349 e. The van der Waals surface area contributed by atoms with Crippen molar-refractivity contribution in [3.05, 3.63) is 71.0 Å². The number of carbonyl (C=O) groups excluding carboxylic acids is 1. The normalized spacial score (nSPS) is 20.9. The van der Waals surface area contributed by atoms with Crippen molar-refractivity contribution in [2.24, 2.45) is 5.92 Å². The molecule has 0 unspecified atom stereocenters. The van der Waals surface area contributed by atoms with Crippen LogP contribution in [0.4, 0.5) is 4.39 Å². The summed E-state index contributed by atoms with van der Waals surface area (Å²) in [4.78, 5) is 15.2. The highest BCUT2D eigenvalue weighted by atomic mass is 19.1. The number of piperidine rings is 1. The number of fused-ring (bicyclic) bond motifs is 1. The molecule has 1 atom stereocenters. The van der Waals surface area contributed by atoms with E-state index in [9.17, 15) is 9.18 Å². The third-order valence-electron chi connectivity index (χ3n) is 5.96. The van der Waals surface area contributed by atoms with Crippen LogP contribution in [0.15, 0.2) is 48.5 Å². The summed E-state index contributed by atoms with van der Waals surface area (Å²) in [6.45, 7) is 2.65. The van der Waals surface area contributed by atoms with Crippen LogP contribution in [0.25, 0.3) is 0 Å². The Balaban J connectivity index is 1.30. The van der Waals surface area contributed by atoms with Crippen LogP contribution in [0.1, 0.15) is 48.4 Å². The number of benzene rings is 2. The van der Waals surface area contributed by atoms with Crippen LogP contribution in [0.2, 0.25) is 0 Å². The van der Waals surface area contributed by atoms with Crippen molar-refractivity contribution in [2.75, 3.05) is 13.1 Å². The van der Waals surface area contributed by atoms with E-state index in [1.54, 1.807) is 0 Å². The highest BCUT2D eigenvalue weighted by Gasteiger charge is 2.28. The Morgan fingerprint density at radius 1 is 1.04 bits per heavy atom. The summed E-state index contributed by atoms with van der Waals surface area (Å²) in [5.41, 5.74) is 3.80. The van der Waals surface area contributed by atoms with E-state index < -0.39 is 0 Å². The van der Waals surface area contributed by atoms with E-state index in [2.05, 4.69) is 34.5 Å². The maximum atomic E-state index is 13.0. The maximum Gasteiger partial charge on any atom is 0.223 e. The van der Waals surface area contributed by atoms with E-state index in [1.807, 2.05) is 12.1 Å². The molecule has 0 aromatic heterocycles. The number of nitrogens with zero attached hydrogens (tertiary/aromatic N) is 1. The van der Waals surface area contributed by atoms with Crippen molar-refractivity contribution < 1.29 is 9.18 Å². The summed E-state index contributed by atoms with van der Waals surface area (Å²) in [5, 5.41) is 3.32. The van der Waals surface area contributed by atoms with Gasteiger partial charge in [0.25, 0.3) is 0 Å². The Bertz CT molecular complexity index is 781. The maximum absolute atomic E-state index is 13.0. The van der Waals surface area contributed by atoms with Crippen LogP contribution in [0, 0.1) is 11.7 Å². The molecule has 3 nitrogen and oxygen atoms in total. The molecule has 0 radical (unpaired) electrons. The van der Waals surface area contributed by atoms with Crippen molar-refractivity contribution in [2.45, 2.75) is 44.7 Å². The Morgan fingerprint density at radius 3 is 2.56 bits per heavy atom. The molecule has 1 aliphatic heterocycles. The monoisotopic (exact) mass is 366 g/mol. The standard InChI is InChI=1S/C23H27FN2O/c24-20-10-8-17(9-11-20)16-26-14-12-19(13-15-26)23(27)25-22-7-3-5-18-4-1-2-6-21(18)22/h1-2,4,6,8-11,19,22H,3,5,7,12-16H2,(H,25,27)/t22-/m0/s1. The van der Waals surface area contributed by atoms with Gasteiger partial charge in [0, 0.05) is 12.5 Å². The van der Waals surface area contributed by atoms with Crippen molar-refractivity contribution in [3.8, 4) is 0 Å². The predicted octanol–water partition coefficient (Wildman–Crippen LogP) is 4.23. The molecule has 1 heterocycles. The lowest BCUT2D eigenvalue weighted by Crippen LogP contribution is -2.41. The van der Waals surface area contributed by atoms with Gasteiger partial charge in [-0.2, -0.15) is 0 Å². The van der Waals surface area contributed by atoms with E-state index in [0.717, 1.165) is 57.3 Å². The first kappa shape index (κ1) is 18.2. The smallest absolute Gasteiger partial charge is 0.223 e. The predicted molar refractivity (Wildman–Crippen MR) is 105 cm³/mol. The van der Waals surface area contributed by atoms with E-state index >= 15 is 0 Å². The van der Waals surface area contributed by atoms with Gasteiger partial charge in [0.2, 0.25) is 5.91 Å². The van der Waals surface area contributed by atoms with Crippen LogP contribution in [-0.2, 0) is 17.8 Å². The van der Waals surface area contributed by atoms with Gasteiger partial charge in [0.1, 0.15) is 5.82 Å². The molecule has 1 amide bonds. The van der Waals surface area contributed by atoms with Crippen molar-refractivity contribution >= 4 is 5.91 Å². The minimum atomic E-state index is -0.196. The number of rotatable bonds is 4. The second-order valence-electron chi connectivity index (χ2n) is 7.83. The van der Waals surface area contributed by atoms with Crippen molar-refractivity contribution in [3.63, 3.8) is 0 Å². The molecule has 2 aliphatic rings. The summed E-state index contributed by atoms with van der Waals surface area (Å²) in [6.07, 6.45) is 5.07. The number of nitrogens with one attached hydrogen (secondary N) is 1. The summed E-state index contributed by atoms with van der Waals surface area (Å²) >= 11 is 0. The number of aryl methyl sites for hydroxylation is 1. The van der Waals surface area contributed by atoms with Gasteiger partial charge in [0.15, 0.2) is 0 Å². The number of hydrogen-bond acceptors (Lipinski definition) is 2. The van der Waals surface area contributed by atoms with Gasteiger partial charge >= 0.3 is 0 Å². The molecule has 27 heavy (non-hydrogen) atoms. The first-order chi connectivity index (χ1) is 13.2. The lowest BCUT2D eigenvalue weighted by molar-refractivity contribution is -0.127. The molecule has 1 N–H and O–H groups in total. The van der Waals surface area contributed by atoms with Crippen molar-refractivity contribution in [1.29, 1.82) is 0 Å². The van der Waals surface area contributed by atoms with Crippen LogP contribution < -0.4 is 5.32 Å². The zero-order valence-electron chi connectivity index (χ0n) is 15.7. The van der Waals surface area contributed by atoms with E-state index in [1.165, 1.54) is 23.3 Å². The SMILES string of the molecule is O=C(N[C@H]1CCCc2ccccc21)C1CCN(Cc2ccc(F)cc2)CC1. The van der Waals surface area contributed by atoms with Crippen LogP contribution >= 0.6 is 0 Å². The fourth-order valence-electron chi connectivity index (χ4n) is 4.39. The highest BCUT2D eigenvalue weighted by molar-refractivity contribution is 5.79. The second kappa shape index (κ2) is 8.22. The quantitative estimate of drug-likeness (QED) is 0.878. The van der Waals surface area contributed by atoms with Crippen LogP contribution in [0.3, 0.4) is 0 Å². The molecule has 1 saturated heterocycles. The van der Waals surface area contributed by atoms with Crippen molar-refractivity contribution in [1.82, 2.24) is 10.2 Å². The number of likely N-dealkylation sites (tertiary alicyclic amines) is 1. The number of amides is 1. The summed E-state index contributed by atoms with van der Waals surface area (Å²) in [5.74, 6) is 0.111. The second-order valence-corrected chi connectivity index (χ2v) is 7.83. The Hall–Kier alpha value is -2.20. The number of hydrogen-bond donors (Lipinski definition) is 1. The lowest BCUT2D eigenvalue weighted by Gasteiger charge is -2.33. The molecular formula is C23H27FN2O. The molecule has 4 heteroatoms. The molecule has 4 rings (SSSR count). The summed E-state index contributed by atoms with van der Waals surface area (Å²) in [7, 11) is 0. The topological polar surface area (TPSA) is 32.3 Å². The molecule has 0 saturated carbocycles. The third-order valence-corrected chi connectivity index (χ3v) is 5.96. The fourth-order valence-corrected chi connectivity index (χ4v) is 4.39. The average molecular weight is 366 g/mol. The van der Waals surface area contributed by atoms with Gasteiger partial charge in [-0.15, -0.1) is 0 Å². The number of halogens is 1. The first-order valence-electron chi connectivity index (χ1n) is 10.0.